The van der Waals surface area contributed by atoms with E-state index in [0.717, 1.165) is 18.4 Å². The topological polar surface area (TPSA) is 72.2 Å². The molecule has 16 heavy (non-hydrogen) atoms. The zero-order chi connectivity index (χ0) is 11.7. The first-order valence-electron chi connectivity index (χ1n) is 5.29. The zero-order valence-electron chi connectivity index (χ0n) is 9.12. The van der Waals surface area contributed by atoms with E-state index in [0.29, 0.717) is 11.3 Å². The van der Waals surface area contributed by atoms with E-state index in [1.165, 1.54) is 0 Å². The second kappa shape index (κ2) is 3.96. The van der Waals surface area contributed by atoms with Crippen LogP contribution in [-0.2, 0) is 4.79 Å². The average molecular weight is 218 g/mol. The van der Waals surface area contributed by atoms with E-state index in [-0.39, 0.29) is 11.8 Å². The van der Waals surface area contributed by atoms with Crippen molar-refractivity contribution in [3.8, 4) is 0 Å². The van der Waals surface area contributed by atoms with E-state index in [4.69, 9.17) is 5.73 Å². The largest absolute Gasteiger partial charge is 0.366 e. The maximum absolute atomic E-state index is 11.6. The number of hydrogen-bond donors (Lipinski definition) is 2. The first-order chi connectivity index (χ1) is 7.58. The second-order valence-electron chi connectivity index (χ2n) is 4.16. The highest BCUT2D eigenvalue weighted by molar-refractivity contribution is 5.98. The highest BCUT2D eigenvalue weighted by atomic mass is 16.2. The summed E-state index contributed by atoms with van der Waals surface area (Å²) in [7, 11) is 0. The van der Waals surface area contributed by atoms with Gasteiger partial charge in [0.25, 0.3) is 0 Å². The number of amides is 2. The third-order valence-corrected chi connectivity index (χ3v) is 2.73. The molecule has 1 aromatic rings. The molecule has 2 rings (SSSR count). The fraction of sp³-hybridized carbons (Fsp3) is 0.333. The number of benzene rings is 1. The molecule has 4 nitrogen and oxygen atoms in total. The molecule has 84 valence electrons. The molecule has 3 N–H and O–H groups in total. The van der Waals surface area contributed by atoms with Crippen LogP contribution in [0, 0.1) is 12.8 Å². The van der Waals surface area contributed by atoms with Crippen LogP contribution in [-0.4, -0.2) is 11.8 Å². The molecule has 2 amide bonds. The maximum atomic E-state index is 11.6. The Morgan fingerprint density at radius 3 is 2.62 bits per heavy atom. The lowest BCUT2D eigenvalue weighted by Crippen LogP contribution is -2.16. The van der Waals surface area contributed by atoms with Crippen LogP contribution in [0.3, 0.4) is 0 Å². The van der Waals surface area contributed by atoms with Crippen LogP contribution in [0.4, 0.5) is 5.69 Å². The fourth-order valence-electron chi connectivity index (χ4n) is 1.49. The van der Waals surface area contributed by atoms with Gasteiger partial charge < -0.3 is 11.1 Å². The molecule has 1 fully saturated rings. The number of carbonyl (C=O) groups excluding carboxylic acids is 2. The van der Waals surface area contributed by atoms with Crippen molar-refractivity contribution < 1.29 is 9.59 Å². The van der Waals surface area contributed by atoms with Crippen LogP contribution in [0.1, 0.15) is 28.8 Å². The number of carbonyl (C=O) groups is 2. The third-order valence-electron chi connectivity index (χ3n) is 2.73. The van der Waals surface area contributed by atoms with Gasteiger partial charge >= 0.3 is 0 Å². The van der Waals surface area contributed by atoms with Gasteiger partial charge in [-0.05, 0) is 37.5 Å². The van der Waals surface area contributed by atoms with E-state index in [1.54, 1.807) is 18.2 Å². The number of nitrogens with two attached hydrogens (primary N) is 1. The molecule has 0 saturated heterocycles. The minimum absolute atomic E-state index is 0.0321. The van der Waals surface area contributed by atoms with Gasteiger partial charge in [0.2, 0.25) is 11.8 Å². The summed E-state index contributed by atoms with van der Waals surface area (Å²) in [5.41, 5.74) is 7.20. The van der Waals surface area contributed by atoms with Gasteiger partial charge in [-0.1, -0.05) is 6.07 Å². The zero-order valence-corrected chi connectivity index (χ0v) is 9.12. The van der Waals surface area contributed by atoms with Crippen molar-refractivity contribution >= 4 is 17.5 Å². The minimum Gasteiger partial charge on any atom is -0.366 e. The van der Waals surface area contributed by atoms with E-state index in [1.807, 2.05) is 6.92 Å². The van der Waals surface area contributed by atoms with Gasteiger partial charge in [-0.2, -0.15) is 0 Å². The molecule has 0 heterocycles. The molecule has 0 aliphatic heterocycles. The van der Waals surface area contributed by atoms with Crippen LogP contribution in [0.2, 0.25) is 0 Å². The van der Waals surface area contributed by atoms with Gasteiger partial charge in [-0.15, -0.1) is 0 Å². The first-order valence-corrected chi connectivity index (χ1v) is 5.29. The lowest BCUT2D eigenvalue weighted by atomic mass is 10.1. The average Bonchev–Trinajstić information content (AvgIpc) is 3.04. The molecule has 1 saturated carbocycles. The van der Waals surface area contributed by atoms with Crippen LogP contribution in [0.15, 0.2) is 18.2 Å². The predicted molar refractivity (Wildman–Crippen MR) is 61.1 cm³/mol. The summed E-state index contributed by atoms with van der Waals surface area (Å²) in [5, 5.41) is 2.82. The molecular weight excluding hydrogens is 204 g/mol. The Bertz CT molecular complexity index is 450. The van der Waals surface area contributed by atoms with Gasteiger partial charge in [-0.25, -0.2) is 0 Å². The Morgan fingerprint density at radius 2 is 2.06 bits per heavy atom. The van der Waals surface area contributed by atoms with Crippen LogP contribution in [0.25, 0.3) is 0 Å². The molecule has 0 atom stereocenters. The van der Waals surface area contributed by atoms with Crippen molar-refractivity contribution in [2.75, 3.05) is 5.32 Å². The number of nitrogens with one attached hydrogen (secondary N) is 1. The van der Waals surface area contributed by atoms with E-state index in [9.17, 15) is 9.59 Å². The Morgan fingerprint density at radius 1 is 1.38 bits per heavy atom. The molecule has 4 heteroatoms. The molecular formula is C12H14N2O2. The van der Waals surface area contributed by atoms with E-state index >= 15 is 0 Å². The number of rotatable bonds is 3. The van der Waals surface area contributed by atoms with Crippen molar-refractivity contribution in [3.63, 3.8) is 0 Å². The highest BCUT2D eigenvalue weighted by Gasteiger charge is 2.29. The smallest absolute Gasteiger partial charge is 0.248 e. The summed E-state index contributed by atoms with van der Waals surface area (Å²) >= 11 is 0. The maximum Gasteiger partial charge on any atom is 0.248 e. The van der Waals surface area contributed by atoms with Gasteiger partial charge in [0, 0.05) is 17.2 Å². The summed E-state index contributed by atoms with van der Waals surface area (Å²) in [5.74, 6) is -0.303. The Hall–Kier alpha value is -1.84. The summed E-state index contributed by atoms with van der Waals surface area (Å²) in [6.07, 6.45) is 1.92. The molecule has 0 bridgehead atoms. The van der Waals surface area contributed by atoms with E-state index in [2.05, 4.69) is 5.32 Å². The molecule has 0 aromatic heterocycles. The van der Waals surface area contributed by atoms with Crippen LogP contribution in [0.5, 0.6) is 0 Å². The van der Waals surface area contributed by atoms with Crippen molar-refractivity contribution in [2.24, 2.45) is 11.7 Å². The number of primary amides is 1. The summed E-state index contributed by atoms with van der Waals surface area (Å²) in [6, 6.07) is 5.06. The molecule has 0 spiro atoms. The molecule has 1 aliphatic rings. The van der Waals surface area contributed by atoms with Crippen molar-refractivity contribution in [1.29, 1.82) is 0 Å². The quantitative estimate of drug-likeness (QED) is 0.805. The standard InChI is InChI=1S/C12H14N2O2/c1-7-2-3-9(11(13)15)6-10(7)14-12(16)8-4-5-8/h2-3,6,8H,4-5H2,1H3,(H2,13,15)(H,14,16). The van der Waals surface area contributed by atoms with Gasteiger partial charge in [0.15, 0.2) is 0 Å². The fourth-order valence-corrected chi connectivity index (χ4v) is 1.49. The number of aryl methyl sites for hydroxylation is 1. The van der Waals surface area contributed by atoms with Crippen LogP contribution < -0.4 is 11.1 Å². The summed E-state index contributed by atoms with van der Waals surface area (Å²) in [4.78, 5) is 22.6. The second-order valence-corrected chi connectivity index (χ2v) is 4.16. The van der Waals surface area contributed by atoms with Crippen molar-refractivity contribution in [2.45, 2.75) is 19.8 Å². The monoisotopic (exact) mass is 218 g/mol. The summed E-state index contributed by atoms with van der Waals surface area (Å²) < 4.78 is 0. The third kappa shape index (κ3) is 2.21. The van der Waals surface area contributed by atoms with Crippen LogP contribution >= 0.6 is 0 Å². The number of hydrogen-bond acceptors (Lipinski definition) is 2. The minimum atomic E-state index is -0.484. The first kappa shape index (κ1) is 10.7. The highest BCUT2D eigenvalue weighted by Crippen LogP contribution is 2.30. The predicted octanol–water partition coefficient (Wildman–Crippen LogP) is 1.44. The van der Waals surface area contributed by atoms with Gasteiger partial charge in [-0.3, -0.25) is 9.59 Å². The lowest BCUT2D eigenvalue weighted by Gasteiger charge is -2.08. The van der Waals surface area contributed by atoms with E-state index < -0.39 is 5.91 Å². The Balaban J connectivity index is 2.20. The summed E-state index contributed by atoms with van der Waals surface area (Å²) in [6.45, 7) is 1.88. The lowest BCUT2D eigenvalue weighted by molar-refractivity contribution is -0.117. The SMILES string of the molecule is Cc1ccc(C(N)=O)cc1NC(=O)C1CC1. The Labute approximate surface area is 93.8 Å². The number of anilines is 1. The Kier molecular flexibility index (Phi) is 2.64. The molecule has 0 radical (unpaired) electrons. The van der Waals surface area contributed by atoms with Crippen molar-refractivity contribution in [1.82, 2.24) is 0 Å². The molecule has 1 aliphatic carbocycles. The van der Waals surface area contributed by atoms with Gasteiger partial charge in [0.05, 0.1) is 0 Å². The van der Waals surface area contributed by atoms with Crippen molar-refractivity contribution in [3.05, 3.63) is 29.3 Å². The van der Waals surface area contributed by atoms with Gasteiger partial charge in [0.1, 0.15) is 0 Å². The molecule has 1 aromatic carbocycles. The normalized spacial score (nSPS) is 14.6. The molecule has 0 unspecified atom stereocenters.